The third kappa shape index (κ3) is 3.00. The van der Waals surface area contributed by atoms with E-state index in [0.29, 0.717) is 17.7 Å². The molecular formula is C14H16N2O3. The molecule has 0 heterocycles. The molecule has 5 nitrogen and oxygen atoms in total. The summed E-state index contributed by atoms with van der Waals surface area (Å²) < 4.78 is 0. The number of rotatable bonds is 3. The first-order valence-electron chi connectivity index (χ1n) is 6.06. The fourth-order valence-corrected chi connectivity index (χ4v) is 2.09. The van der Waals surface area contributed by atoms with Crippen molar-refractivity contribution in [3.63, 3.8) is 0 Å². The van der Waals surface area contributed by atoms with E-state index in [1.165, 1.54) is 6.07 Å². The second-order valence-corrected chi connectivity index (χ2v) is 4.72. The molecule has 100 valence electrons. The monoisotopic (exact) mass is 260 g/mol. The van der Waals surface area contributed by atoms with Crippen LogP contribution in [0.4, 0.5) is 5.69 Å². The highest BCUT2D eigenvalue weighted by Gasteiger charge is 2.22. The lowest BCUT2D eigenvalue weighted by Crippen LogP contribution is -2.24. The number of hydrogen-bond donors (Lipinski definition) is 3. The van der Waals surface area contributed by atoms with Crippen molar-refractivity contribution in [2.24, 2.45) is 11.7 Å². The lowest BCUT2D eigenvalue weighted by atomic mass is 10.1. The van der Waals surface area contributed by atoms with E-state index in [0.717, 1.165) is 0 Å². The Morgan fingerprint density at radius 3 is 2.68 bits per heavy atom. The summed E-state index contributed by atoms with van der Waals surface area (Å²) in [7, 11) is 0. The number of aromatic carboxylic acids is 1. The highest BCUT2D eigenvalue weighted by atomic mass is 16.4. The smallest absolute Gasteiger partial charge is 0.336 e. The first kappa shape index (κ1) is 13.3. The molecule has 0 spiro atoms. The van der Waals surface area contributed by atoms with Crippen LogP contribution in [0.1, 0.15) is 22.3 Å². The summed E-state index contributed by atoms with van der Waals surface area (Å²) in [5.74, 6) is -1.41. The van der Waals surface area contributed by atoms with E-state index in [9.17, 15) is 9.59 Å². The minimum atomic E-state index is -1.00. The molecule has 2 atom stereocenters. The molecule has 1 amide bonds. The number of carbonyl (C=O) groups is 2. The molecule has 1 aromatic carbocycles. The molecule has 0 aromatic heterocycles. The molecular weight excluding hydrogens is 244 g/mol. The second-order valence-electron chi connectivity index (χ2n) is 4.72. The van der Waals surface area contributed by atoms with Crippen LogP contribution in [0.5, 0.6) is 0 Å². The fraction of sp³-hybridized carbons (Fsp3) is 0.286. The van der Waals surface area contributed by atoms with Gasteiger partial charge < -0.3 is 16.2 Å². The Balaban J connectivity index is 2.11. The summed E-state index contributed by atoms with van der Waals surface area (Å²) in [5.41, 5.74) is 7.03. The number of benzene rings is 1. The average molecular weight is 260 g/mol. The number of nitrogens with two attached hydrogens (primary N) is 1. The van der Waals surface area contributed by atoms with Gasteiger partial charge in [0.15, 0.2) is 0 Å². The number of hydrogen-bond acceptors (Lipinski definition) is 3. The molecule has 0 radical (unpaired) electrons. The molecule has 2 unspecified atom stereocenters. The van der Waals surface area contributed by atoms with Crippen LogP contribution in [0.2, 0.25) is 0 Å². The van der Waals surface area contributed by atoms with Gasteiger partial charge in [-0.3, -0.25) is 4.79 Å². The van der Waals surface area contributed by atoms with Crippen LogP contribution in [0.25, 0.3) is 0 Å². The summed E-state index contributed by atoms with van der Waals surface area (Å²) in [6.45, 7) is 1.72. The van der Waals surface area contributed by atoms with E-state index >= 15 is 0 Å². The summed E-state index contributed by atoms with van der Waals surface area (Å²) in [4.78, 5) is 23.0. The predicted molar refractivity (Wildman–Crippen MR) is 72.0 cm³/mol. The van der Waals surface area contributed by atoms with Gasteiger partial charge >= 0.3 is 5.97 Å². The predicted octanol–water partition coefficient (Wildman–Crippen LogP) is 1.54. The third-order valence-electron chi connectivity index (χ3n) is 3.19. The third-order valence-corrected chi connectivity index (χ3v) is 3.19. The summed E-state index contributed by atoms with van der Waals surface area (Å²) in [5, 5.41) is 11.7. The SMILES string of the molecule is Cc1ccc(NC(=O)C2C=CC(N)C2)cc1C(=O)O. The van der Waals surface area contributed by atoms with Crippen LogP contribution in [-0.4, -0.2) is 23.0 Å². The minimum Gasteiger partial charge on any atom is -0.478 e. The first-order valence-corrected chi connectivity index (χ1v) is 6.06. The van der Waals surface area contributed by atoms with Crippen LogP contribution in [-0.2, 0) is 4.79 Å². The Labute approximate surface area is 111 Å². The van der Waals surface area contributed by atoms with Crippen molar-refractivity contribution in [1.29, 1.82) is 0 Å². The summed E-state index contributed by atoms with van der Waals surface area (Å²) in [6, 6.07) is 4.75. The van der Waals surface area contributed by atoms with Crippen LogP contribution < -0.4 is 11.1 Å². The average Bonchev–Trinajstić information content (AvgIpc) is 2.78. The highest BCUT2D eigenvalue weighted by molar-refractivity contribution is 5.96. The molecule has 5 heteroatoms. The maximum atomic E-state index is 12.0. The van der Waals surface area contributed by atoms with Gasteiger partial charge in [0.25, 0.3) is 0 Å². The van der Waals surface area contributed by atoms with Gasteiger partial charge in [0.2, 0.25) is 5.91 Å². The molecule has 0 aliphatic heterocycles. The Morgan fingerprint density at radius 2 is 2.11 bits per heavy atom. The first-order chi connectivity index (χ1) is 8.97. The van der Waals surface area contributed by atoms with Gasteiger partial charge in [0, 0.05) is 11.7 Å². The molecule has 4 N–H and O–H groups in total. The topological polar surface area (TPSA) is 92.4 Å². The molecule has 0 bridgehead atoms. The van der Waals surface area contributed by atoms with Crippen LogP contribution in [0.15, 0.2) is 30.4 Å². The number of amides is 1. The zero-order chi connectivity index (χ0) is 14.0. The van der Waals surface area contributed by atoms with E-state index < -0.39 is 5.97 Å². The zero-order valence-corrected chi connectivity index (χ0v) is 10.6. The van der Waals surface area contributed by atoms with Gasteiger partial charge in [-0.1, -0.05) is 18.2 Å². The van der Waals surface area contributed by atoms with Crippen molar-refractivity contribution < 1.29 is 14.7 Å². The van der Waals surface area contributed by atoms with E-state index in [-0.39, 0.29) is 23.4 Å². The molecule has 0 saturated carbocycles. The maximum Gasteiger partial charge on any atom is 0.336 e. The number of anilines is 1. The van der Waals surface area contributed by atoms with E-state index in [1.54, 1.807) is 25.1 Å². The van der Waals surface area contributed by atoms with Crippen LogP contribution in [0, 0.1) is 12.8 Å². The van der Waals surface area contributed by atoms with Gasteiger partial charge in [0.1, 0.15) is 0 Å². The van der Waals surface area contributed by atoms with E-state index in [1.807, 2.05) is 6.08 Å². The van der Waals surface area contributed by atoms with E-state index in [4.69, 9.17) is 10.8 Å². The lowest BCUT2D eigenvalue weighted by molar-refractivity contribution is -0.118. The molecule has 1 aliphatic rings. The van der Waals surface area contributed by atoms with Crippen molar-refractivity contribution in [1.82, 2.24) is 0 Å². The largest absolute Gasteiger partial charge is 0.478 e. The van der Waals surface area contributed by atoms with Gasteiger partial charge in [-0.15, -0.1) is 0 Å². The Hall–Kier alpha value is -2.14. The maximum absolute atomic E-state index is 12.0. The van der Waals surface area contributed by atoms with E-state index in [2.05, 4.69) is 5.32 Å². The van der Waals surface area contributed by atoms with Crippen LogP contribution >= 0.6 is 0 Å². The molecule has 0 saturated heterocycles. The van der Waals surface area contributed by atoms with Crippen LogP contribution in [0.3, 0.4) is 0 Å². The summed E-state index contributed by atoms with van der Waals surface area (Å²) in [6.07, 6.45) is 4.18. The quantitative estimate of drug-likeness (QED) is 0.719. The number of nitrogens with one attached hydrogen (secondary N) is 1. The van der Waals surface area contributed by atoms with Crippen molar-refractivity contribution in [2.75, 3.05) is 5.32 Å². The molecule has 0 fully saturated rings. The highest BCUT2D eigenvalue weighted by Crippen LogP contribution is 2.20. The standard InChI is InChI=1S/C14H16N2O3/c1-8-2-5-11(7-12(8)14(18)19)16-13(17)9-3-4-10(15)6-9/h2-5,7,9-10H,6,15H2,1H3,(H,16,17)(H,18,19). The second kappa shape index (κ2) is 5.24. The number of carbonyl (C=O) groups excluding carboxylic acids is 1. The Kier molecular flexibility index (Phi) is 3.66. The fourth-order valence-electron chi connectivity index (χ4n) is 2.09. The van der Waals surface area contributed by atoms with Gasteiger partial charge in [-0.2, -0.15) is 0 Å². The molecule has 1 aliphatic carbocycles. The number of aryl methyl sites for hydroxylation is 1. The van der Waals surface area contributed by atoms with Gasteiger partial charge in [-0.25, -0.2) is 4.79 Å². The molecule has 2 rings (SSSR count). The van der Waals surface area contributed by atoms with Crippen molar-refractivity contribution >= 4 is 17.6 Å². The normalized spacial score (nSPS) is 21.4. The van der Waals surface area contributed by atoms with Crippen molar-refractivity contribution in [3.05, 3.63) is 41.5 Å². The van der Waals surface area contributed by atoms with Gasteiger partial charge in [0.05, 0.1) is 11.5 Å². The number of carboxylic acids is 1. The van der Waals surface area contributed by atoms with Crippen molar-refractivity contribution in [2.45, 2.75) is 19.4 Å². The summed E-state index contributed by atoms with van der Waals surface area (Å²) >= 11 is 0. The molecule has 1 aromatic rings. The van der Waals surface area contributed by atoms with Gasteiger partial charge in [-0.05, 0) is 31.0 Å². The Morgan fingerprint density at radius 1 is 1.37 bits per heavy atom. The minimum absolute atomic E-state index is 0.0802. The lowest BCUT2D eigenvalue weighted by Gasteiger charge is -2.11. The number of carboxylic acid groups (broad SMARTS) is 1. The van der Waals surface area contributed by atoms with Crippen molar-refractivity contribution in [3.8, 4) is 0 Å². The molecule has 19 heavy (non-hydrogen) atoms. The Bertz CT molecular complexity index is 552. The zero-order valence-electron chi connectivity index (χ0n) is 10.6.